The summed E-state index contributed by atoms with van der Waals surface area (Å²) in [7, 11) is 0. The third kappa shape index (κ3) is 11.0. The lowest BCUT2D eigenvalue weighted by atomic mass is 9.86. The number of unbranched alkanes of at least 4 members (excludes halogenated alkanes) is 6. The average molecular weight is 386 g/mol. The van der Waals surface area contributed by atoms with Crippen molar-refractivity contribution in [3.63, 3.8) is 0 Å². The monoisotopic (exact) mass is 385 g/mol. The van der Waals surface area contributed by atoms with Crippen LogP contribution < -0.4 is 10.6 Å². The Morgan fingerprint density at radius 2 is 1.48 bits per heavy atom. The van der Waals surface area contributed by atoms with Crippen molar-refractivity contribution in [3.05, 3.63) is 0 Å². The molecule has 3 N–H and O–H groups in total. The van der Waals surface area contributed by atoms with Crippen LogP contribution in [-0.4, -0.2) is 40.7 Å². The Balaban J connectivity index is 4.55. The van der Waals surface area contributed by atoms with Crippen molar-refractivity contribution < 1.29 is 19.6 Å². The number of nitrogens with zero attached hydrogens (tertiary/aromatic N) is 1. The van der Waals surface area contributed by atoms with Gasteiger partial charge in [0.2, 0.25) is 5.91 Å². The molecule has 0 radical (unpaired) electrons. The Morgan fingerprint density at radius 3 is 2.04 bits per heavy atom. The molecular weight excluding hydrogens is 346 g/mol. The quantitative estimate of drug-likeness (QED) is 0.269. The maximum atomic E-state index is 12.4. The van der Waals surface area contributed by atoms with E-state index in [0.29, 0.717) is 13.0 Å². The molecule has 0 saturated heterocycles. The molecule has 0 bridgehead atoms. The lowest BCUT2D eigenvalue weighted by Gasteiger charge is -2.31. The fourth-order valence-electron chi connectivity index (χ4n) is 2.63. The first-order valence-electron chi connectivity index (χ1n) is 10.2. The van der Waals surface area contributed by atoms with E-state index in [1.54, 1.807) is 0 Å². The van der Waals surface area contributed by atoms with Gasteiger partial charge in [-0.25, -0.2) is 4.79 Å². The van der Waals surface area contributed by atoms with Gasteiger partial charge in [0.1, 0.15) is 6.04 Å². The number of rotatable bonds is 12. The Kier molecular flexibility index (Phi) is 12.7. The van der Waals surface area contributed by atoms with Crippen LogP contribution >= 0.6 is 0 Å². The van der Waals surface area contributed by atoms with Gasteiger partial charge < -0.3 is 10.6 Å². The van der Waals surface area contributed by atoms with Crippen LogP contribution in [0.4, 0.5) is 4.79 Å². The summed E-state index contributed by atoms with van der Waals surface area (Å²) in [4.78, 5) is 36.6. The van der Waals surface area contributed by atoms with Crippen molar-refractivity contribution in [3.8, 4) is 0 Å². The lowest BCUT2D eigenvalue weighted by Crippen LogP contribution is -2.56. The zero-order valence-electron chi connectivity index (χ0n) is 17.8. The number of hydrogen-bond acceptors (Lipinski definition) is 4. The molecule has 0 aliphatic rings. The zero-order valence-corrected chi connectivity index (χ0v) is 17.8. The van der Waals surface area contributed by atoms with Crippen molar-refractivity contribution in [2.24, 2.45) is 5.41 Å². The van der Waals surface area contributed by atoms with Crippen LogP contribution in [0.2, 0.25) is 0 Å². The van der Waals surface area contributed by atoms with Crippen LogP contribution in [0.1, 0.15) is 92.4 Å². The molecule has 7 heteroatoms. The average Bonchev–Trinajstić information content (AvgIpc) is 2.60. The van der Waals surface area contributed by atoms with E-state index in [0.717, 1.165) is 38.5 Å². The van der Waals surface area contributed by atoms with Gasteiger partial charge in [0.25, 0.3) is 5.91 Å². The van der Waals surface area contributed by atoms with Crippen LogP contribution in [0.3, 0.4) is 0 Å². The number of hydroxylamine groups is 2. The zero-order chi connectivity index (χ0) is 20.9. The van der Waals surface area contributed by atoms with Crippen molar-refractivity contribution in [2.45, 2.75) is 98.4 Å². The van der Waals surface area contributed by atoms with E-state index >= 15 is 0 Å². The van der Waals surface area contributed by atoms with E-state index in [2.05, 4.69) is 17.6 Å². The highest BCUT2D eigenvalue weighted by Gasteiger charge is 2.34. The molecule has 0 saturated carbocycles. The molecule has 0 aromatic heterocycles. The Labute approximate surface area is 164 Å². The van der Waals surface area contributed by atoms with Crippen molar-refractivity contribution >= 4 is 17.8 Å². The Morgan fingerprint density at radius 1 is 0.926 bits per heavy atom. The van der Waals surface area contributed by atoms with E-state index in [1.807, 2.05) is 27.7 Å². The van der Waals surface area contributed by atoms with E-state index in [9.17, 15) is 19.6 Å². The topological polar surface area (TPSA) is 98.7 Å². The highest BCUT2D eigenvalue weighted by atomic mass is 16.5. The number of urea groups is 1. The van der Waals surface area contributed by atoms with Crippen LogP contribution in [0.5, 0.6) is 0 Å². The summed E-state index contributed by atoms with van der Waals surface area (Å²) in [5, 5.41) is 15.2. The molecule has 0 fully saturated rings. The van der Waals surface area contributed by atoms with Gasteiger partial charge in [0, 0.05) is 13.0 Å². The maximum absolute atomic E-state index is 12.4. The minimum absolute atomic E-state index is 0.101. The minimum Gasteiger partial charge on any atom is -0.354 e. The summed E-state index contributed by atoms with van der Waals surface area (Å²) in [6, 6.07) is -1.81. The number of amides is 4. The van der Waals surface area contributed by atoms with Gasteiger partial charge in [-0.1, -0.05) is 73.1 Å². The van der Waals surface area contributed by atoms with Crippen molar-refractivity contribution in [1.29, 1.82) is 0 Å². The van der Waals surface area contributed by atoms with E-state index < -0.39 is 23.4 Å². The molecule has 4 amide bonds. The molecule has 1 unspecified atom stereocenters. The molecule has 0 rings (SSSR count). The van der Waals surface area contributed by atoms with Crippen LogP contribution in [0.25, 0.3) is 0 Å². The standard InChI is InChI=1S/C20H39N3O4/c1-6-8-10-11-12-13-14-16(24)23(27)19(26)22-17(20(3,4)5)18(25)21-15-9-7-2/h17,27H,6-15H2,1-5H3,(H,21,25)(H,22,26). The third-order valence-corrected chi connectivity index (χ3v) is 4.40. The molecule has 0 aromatic rings. The van der Waals surface area contributed by atoms with Gasteiger partial charge in [-0.3, -0.25) is 14.8 Å². The summed E-state index contributed by atoms with van der Waals surface area (Å²) >= 11 is 0. The van der Waals surface area contributed by atoms with Gasteiger partial charge in [-0.05, 0) is 18.3 Å². The Hall–Kier alpha value is -1.63. The van der Waals surface area contributed by atoms with E-state index in [1.165, 1.54) is 6.42 Å². The van der Waals surface area contributed by atoms with Gasteiger partial charge in [-0.2, -0.15) is 0 Å². The normalized spacial score (nSPS) is 12.4. The minimum atomic E-state index is -0.962. The number of carbonyl (C=O) groups excluding carboxylic acids is 3. The van der Waals surface area contributed by atoms with Gasteiger partial charge in [0.15, 0.2) is 0 Å². The predicted molar refractivity (Wildman–Crippen MR) is 106 cm³/mol. The molecule has 27 heavy (non-hydrogen) atoms. The summed E-state index contributed by atoms with van der Waals surface area (Å²) in [6.45, 7) is 10.1. The fourth-order valence-corrected chi connectivity index (χ4v) is 2.63. The second-order valence-corrected chi connectivity index (χ2v) is 8.12. The maximum Gasteiger partial charge on any atom is 0.349 e. The number of carbonyl (C=O) groups is 3. The third-order valence-electron chi connectivity index (χ3n) is 4.40. The number of nitrogens with one attached hydrogen (secondary N) is 2. The second kappa shape index (κ2) is 13.5. The highest BCUT2D eigenvalue weighted by molar-refractivity contribution is 5.95. The highest BCUT2D eigenvalue weighted by Crippen LogP contribution is 2.20. The number of imide groups is 1. The van der Waals surface area contributed by atoms with Crippen LogP contribution in [0.15, 0.2) is 0 Å². The van der Waals surface area contributed by atoms with Crippen LogP contribution in [-0.2, 0) is 9.59 Å². The molecule has 158 valence electrons. The molecular formula is C20H39N3O4. The smallest absolute Gasteiger partial charge is 0.349 e. The van der Waals surface area contributed by atoms with Crippen molar-refractivity contribution in [2.75, 3.05) is 6.54 Å². The first-order valence-corrected chi connectivity index (χ1v) is 10.2. The molecule has 0 aromatic carbocycles. The molecule has 0 aliphatic heterocycles. The molecule has 7 nitrogen and oxygen atoms in total. The van der Waals surface area contributed by atoms with E-state index in [4.69, 9.17) is 0 Å². The van der Waals surface area contributed by atoms with Crippen LogP contribution in [0, 0.1) is 5.41 Å². The summed E-state index contributed by atoms with van der Waals surface area (Å²) in [5.41, 5.74) is -0.560. The lowest BCUT2D eigenvalue weighted by molar-refractivity contribution is -0.153. The molecule has 0 spiro atoms. The molecule has 1 atom stereocenters. The largest absolute Gasteiger partial charge is 0.354 e. The first-order chi connectivity index (χ1) is 12.6. The van der Waals surface area contributed by atoms with Crippen molar-refractivity contribution in [1.82, 2.24) is 15.7 Å². The SMILES string of the molecule is CCCCCCCCC(=O)N(O)C(=O)NC(C(=O)NCCCC)C(C)(C)C. The summed E-state index contributed by atoms with van der Waals surface area (Å²) in [6.07, 6.45) is 7.94. The van der Waals surface area contributed by atoms with Gasteiger partial charge >= 0.3 is 6.03 Å². The van der Waals surface area contributed by atoms with Gasteiger partial charge in [-0.15, -0.1) is 5.06 Å². The van der Waals surface area contributed by atoms with E-state index in [-0.39, 0.29) is 17.4 Å². The first kappa shape index (κ1) is 25.4. The fraction of sp³-hybridized carbons (Fsp3) is 0.850. The van der Waals surface area contributed by atoms with Gasteiger partial charge in [0.05, 0.1) is 0 Å². The summed E-state index contributed by atoms with van der Waals surface area (Å²) < 4.78 is 0. The Bertz CT molecular complexity index is 461. The molecule has 0 aliphatic carbocycles. The second-order valence-electron chi connectivity index (χ2n) is 8.12. The summed E-state index contributed by atoms with van der Waals surface area (Å²) in [5.74, 6) is -0.969. The number of hydrogen-bond donors (Lipinski definition) is 3. The predicted octanol–water partition coefficient (Wildman–Crippen LogP) is 4.00. The molecule has 0 heterocycles.